The molecule has 3 aromatic rings. The van der Waals surface area contributed by atoms with E-state index in [9.17, 15) is 13.2 Å². The number of aryl methyl sites for hydroxylation is 1. The molecule has 7 heteroatoms. The average molecular weight is 398 g/mol. The van der Waals surface area contributed by atoms with Crippen molar-refractivity contribution < 1.29 is 8.42 Å². The number of rotatable bonds is 3. The SMILES string of the molecule is Cc1cccc(N2CCN(S(=O)(=O)c3ccc4[nH]c(=O)ccc4c3)CC2C)c1. The highest BCUT2D eigenvalue weighted by Crippen LogP contribution is 2.26. The van der Waals surface area contributed by atoms with Gasteiger partial charge < -0.3 is 9.88 Å². The number of aromatic amines is 1. The van der Waals surface area contributed by atoms with Crippen molar-refractivity contribution in [2.24, 2.45) is 0 Å². The van der Waals surface area contributed by atoms with E-state index in [4.69, 9.17) is 0 Å². The molecular formula is C21H23N3O3S. The van der Waals surface area contributed by atoms with Crippen molar-refractivity contribution in [2.45, 2.75) is 24.8 Å². The maximum atomic E-state index is 13.2. The van der Waals surface area contributed by atoms with Crippen molar-refractivity contribution in [1.82, 2.24) is 9.29 Å². The molecule has 28 heavy (non-hydrogen) atoms. The number of piperazine rings is 1. The van der Waals surface area contributed by atoms with E-state index in [1.54, 1.807) is 28.6 Å². The van der Waals surface area contributed by atoms with Crippen molar-refractivity contribution in [2.75, 3.05) is 24.5 Å². The van der Waals surface area contributed by atoms with E-state index in [1.165, 1.54) is 11.6 Å². The first-order chi connectivity index (χ1) is 13.3. The summed E-state index contributed by atoms with van der Waals surface area (Å²) in [5.74, 6) is 0. The zero-order valence-electron chi connectivity index (χ0n) is 15.9. The molecule has 1 N–H and O–H groups in total. The first-order valence-electron chi connectivity index (χ1n) is 9.31. The summed E-state index contributed by atoms with van der Waals surface area (Å²) in [5, 5.41) is 0.701. The van der Waals surface area contributed by atoms with Crippen molar-refractivity contribution in [3.05, 3.63) is 70.5 Å². The lowest BCUT2D eigenvalue weighted by atomic mass is 10.1. The minimum absolute atomic E-state index is 0.0714. The number of H-pyrrole nitrogens is 1. The number of fused-ring (bicyclic) bond motifs is 1. The molecule has 146 valence electrons. The van der Waals surface area contributed by atoms with E-state index in [1.807, 2.05) is 6.07 Å². The maximum Gasteiger partial charge on any atom is 0.248 e. The minimum Gasteiger partial charge on any atom is -0.366 e. The van der Waals surface area contributed by atoms with Crippen LogP contribution in [-0.4, -0.2) is 43.4 Å². The normalized spacial score (nSPS) is 18.5. The largest absolute Gasteiger partial charge is 0.366 e. The second-order valence-electron chi connectivity index (χ2n) is 7.32. The molecule has 0 aliphatic carbocycles. The Morgan fingerprint density at radius 2 is 1.86 bits per heavy atom. The molecule has 2 heterocycles. The number of hydrogen-bond acceptors (Lipinski definition) is 4. The van der Waals surface area contributed by atoms with Crippen molar-refractivity contribution in [1.29, 1.82) is 0 Å². The van der Waals surface area contributed by atoms with Gasteiger partial charge in [-0.05, 0) is 61.2 Å². The van der Waals surface area contributed by atoms with Crippen LogP contribution in [0, 0.1) is 6.92 Å². The standard InChI is InChI=1S/C21H23N3O3S/c1-15-4-3-5-18(12-15)24-11-10-23(14-16(24)2)28(26,27)19-7-8-20-17(13-19)6-9-21(25)22-20/h3-9,12-13,16H,10-11,14H2,1-2H3,(H,22,25). The molecule has 2 aromatic carbocycles. The molecule has 4 rings (SSSR count). The van der Waals surface area contributed by atoms with Gasteiger partial charge in [0, 0.05) is 42.9 Å². The molecule has 0 amide bonds. The molecule has 0 saturated carbocycles. The third-order valence-electron chi connectivity index (χ3n) is 5.26. The Morgan fingerprint density at radius 3 is 2.61 bits per heavy atom. The second kappa shape index (κ2) is 7.07. The van der Waals surface area contributed by atoms with Gasteiger partial charge in [0.15, 0.2) is 0 Å². The molecule has 1 saturated heterocycles. The zero-order chi connectivity index (χ0) is 19.9. The topological polar surface area (TPSA) is 73.5 Å². The van der Waals surface area contributed by atoms with Crippen LogP contribution in [0.1, 0.15) is 12.5 Å². The van der Waals surface area contributed by atoms with Crippen LogP contribution < -0.4 is 10.5 Å². The predicted molar refractivity (Wildman–Crippen MR) is 111 cm³/mol. The van der Waals surface area contributed by atoms with Gasteiger partial charge in [-0.3, -0.25) is 4.79 Å². The van der Waals surface area contributed by atoms with Gasteiger partial charge in [0.25, 0.3) is 0 Å². The molecule has 1 unspecified atom stereocenters. The number of benzene rings is 2. The molecule has 6 nitrogen and oxygen atoms in total. The number of nitrogens with zero attached hydrogens (tertiary/aromatic N) is 2. The van der Waals surface area contributed by atoms with Gasteiger partial charge in [0.1, 0.15) is 0 Å². The maximum absolute atomic E-state index is 13.2. The van der Waals surface area contributed by atoms with Gasteiger partial charge in [-0.25, -0.2) is 8.42 Å². The Kier molecular flexibility index (Phi) is 4.72. The summed E-state index contributed by atoms with van der Waals surface area (Å²) in [6, 6.07) is 16.2. The minimum atomic E-state index is -3.60. The third kappa shape index (κ3) is 3.43. The molecular weight excluding hydrogens is 374 g/mol. The van der Waals surface area contributed by atoms with Gasteiger partial charge in [-0.15, -0.1) is 0 Å². The number of anilines is 1. The number of pyridine rings is 1. The van der Waals surface area contributed by atoms with E-state index in [0.29, 0.717) is 30.5 Å². The van der Waals surface area contributed by atoms with Crippen molar-refractivity contribution >= 4 is 26.6 Å². The van der Waals surface area contributed by atoms with E-state index in [2.05, 4.69) is 41.9 Å². The van der Waals surface area contributed by atoms with E-state index < -0.39 is 10.0 Å². The Morgan fingerprint density at radius 1 is 1.04 bits per heavy atom. The van der Waals surface area contributed by atoms with Gasteiger partial charge >= 0.3 is 0 Å². The lowest BCUT2D eigenvalue weighted by Gasteiger charge is -2.40. The van der Waals surface area contributed by atoms with Gasteiger partial charge in [0.2, 0.25) is 15.6 Å². The lowest BCUT2D eigenvalue weighted by molar-refractivity contribution is 0.342. The Labute approximate surface area is 164 Å². The molecule has 0 radical (unpaired) electrons. The molecule has 1 aliphatic rings. The summed E-state index contributed by atoms with van der Waals surface area (Å²) >= 11 is 0. The summed E-state index contributed by atoms with van der Waals surface area (Å²) in [7, 11) is -3.60. The molecule has 0 bridgehead atoms. The molecule has 1 atom stereocenters. The van der Waals surface area contributed by atoms with E-state index in [0.717, 1.165) is 5.69 Å². The summed E-state index contributed by atoms with van der Waals surface area (Å²) in [6.07, 6.45) is 0. The van der Waals surface area contributed by atoms with Gasteiger partial charge in [-0.1, -0.05) is 12.1 Å². The van der Waals surface area contributed by atoms with Crippen LogP contribution in [0.15, 0.2) is 64.3 Å². The number of sulfonamides is 1. The zero-order valence-corrected chi connectivity index (χ0v) is 16.7. The lowest BCUT2D eigenvalue weighted by Crippen LogP contribution is -2.53. The molecule has 0 spiro atoms. The Balaban J connectivity index is 1.59. The predicted octanol–water partition coefficient (Wildman–Crippen LogP) is 2.74. The quantitative estimate of drug-likeness (QED) is 0.738. The average Bonchev–Trinajstić information content (AvgIpc) is 2.67. The highest BCUT2D eigenvalue weighted by Gasteiger charge is 2.32. The fourth-order valence-electron chi connectivity index (χ4n) is 3.77. The van der Waals surface area contributed by atoms with E-state index in [-0.39, 0.29) is 16.5 Å². The van der Waals surface area contributed by atoms with E-state index >= 15 is 0 Å². The van der Waals surface area contributed by atoms with Crippen LogP contribution in [0.3, 0.4) is 0 Å². The number of aromatic nitrogens is 1. The Hall–Kier alpha value is -2.64. The molecule has 1 aliphatic heterocycles. The molecule has 1 aromatic heterocycles. The van der Waals surface area contributed by atoms with Crippen LogP contribution in [-0.2, 0) is 10.0 Å². The highest BCUT2D eigenvalue weighted by atomic mass is 32.2. The van der Waals surface area contributed by atoms with Gasteiger partial charge in [0.05, 0.1) is 4.90 Å². The highest BCUT2D eigenvalue weighted by molar-refractivity contribution is 7.89. The fraction of sp³-hybridized carbons (Fsp3) is 0.286. The van der Waals surface area contributed by atoms with Crippen LogP contribution in [0.4, 0.5) is 5.69 Å². The number of hydrogen-bond donors (Lipinski definition) is 1. The first-order valence-corrected chi connectivity index (χ1v) is 10.8. The van der Waals surface area contributed by atoms with Crippen LogP contribution in [0.25, 0.3) is 10.9 Å². The monoisotopic (exact) mass is 397 g/mol. The summed E-state index contributed by atoms with van der Waals surface area (Å²) < 4.78 is 27.9. The second-order valence-corrected chi connectivity index (χ2v) is 9.25. The van der Waals surface area contributed by atoms with Crippen molar-refractivity contribution in [3.8, 4) is 0 Å². The van der Waals surface area contributed by atoms with Crippen LogP contribution in [0.5, 0.6) is 0 Å². The molecule has 1 fully saturated rings. The van der Waals surface area contributed by atoms with Gasteiger partial charge in [-0.2, -0.15) is 4.31 Å². The third-order valence-corrected chi connectivity index (χ3v) is 7.12. The fourth-order valence-corrected chi connectivity index (χ4v) is 5.32. The van der Waals surface area contributed by atoms with Crippen molar-refractivity contribution in [3.63, 3.8) is 0 Å². The van der Waals surface area contributed by atoms with Crippen LogP contribution >= 0.6 is 0 Å². The summed E-state index contributed by atoms with van der Waals surface area (Å²) in [5.41, 5.74) is 2.74. The van der Waals surface area contributed by atoms with Crippen LogP contribution in [0.2, 0.25) is 0 Å². The Bertz CT molecular complexity index is 1190. The number of nitrogens with one attached hydrogen (secondary N) is 1. The first kappa shape index (κ1) is 18.7. The smallest absolute Gasteiger partial charge is 0.248 e. The summed E-state index contributed by atoms with van der Waals surface area (Å²) in [4.78, 5) is 16.7. The summed E-state index contributed by atoms with van der Waals surface area (Å²) in [6.45, 7) is 5.62.